The van der Waals surface area contributed by atoms with Crippen molar-refractivity contribution >= 4 is 9.84 Å². The fourth-order valence-corrected chi connectivity index (χ4v) is 3.01. The molecule has 13 heavy (non-hydrogen) atoms. The van der Waals surface area contributed by atoms with Crippen LogP contribution in [0.4, 0.5) is 0 Å². The van der Waals surface area contributed by atoms with Gasteiger partial charge in [0.15, 0.2) is 9.84 Å². The van der Waals surface area contributed by atoms with Crippen molar-refractivity contribution in [3.05, 3.63) is 30.1 Å². The van der Waals surface area contributed by atoms with E-state index >= 15 is 0 Å². The predicted octanol–water partition coefficient (Wildman–Crippen LogP) is 1.12. The summed E-state index contributed by atoms with van der Waals surface area (Å²) in [5.41, 5.74) is 0.831. The highest BCUT2D eigenvalue weighted by Gasteiger charge is 2.53. The summed E-state index contributed by atoms with van der Waals surface area (Å²) < 4.78 is 22.4. The Morgan fingerprint density at radius 2 is 2.15 bits per heavy atom. The van der Waals surface area contributed by atoms with Crippen molar-refractivity contribution in [3.8, 4) is 0 Å². The van der Waals surface area contributed by atoms with E-state index in [1.807, 2.05) is 6.07 Å². The maximum atomic E-state index is 11.5. The van der Waals surface area contributed by atoms with Gasteiger partial charge in [0.25, 0.3) is 0 Å². The molecule has 0 saturated heterocycles. The number of hydrogen-bond acceptors (Lipinski definition) is 3. The summed E-state index contributed by atoms with van der Waals surface area (Å²) in [7, 11) is -2.98. The molecule has 0 radical (unpaired) electrons. The Balaban J connectivity index is 2.49. The molecule has 0 aliphatic heterocycles. The molecule has 0 atom stereocenters. The van der Waals surface area contributed by atoms with Crippen molar-refractivity contribution in [1.82, 2.24) is 4.98 Å². The summed E-state index contributed by atoms with van der Waals surface area (Å²) in [4.78, 5) is 3.94. The van der Waals surface area contributed by atoms with Crippen LogP contribution >= 0.6 is 0 Å². The van der Waals surface area contributed by atoms with E-state index in [1.54, 1.807) is 18.5 Å². The van der Waals surface area contributed by atoms with Gasteiger partial charge in [0, 0.05) is 18.6 Å². The van der Waals surface area contributed by atoms with Gasteiger partial charge < -0.3 is 0 Å². The summed E-state index contributed by atoms with van der Waals surface area (Å²) in [5, 5.41) is 0. The van der Waals surface area contributed by atoms with Crippen molar-refractivity contribution in [2.75, 3.05) is 6.26 Å². The first kappa shape index (κ1) is 8.69. The van der Waals surface area contributed by atoms with E-state index in [9.17, 15) is 8.42 Å². The first-order chi connectivity index (χ1) is 6.06. The van der Waals surface area contributed by atoms with Crippen molar-refractivity contribution in [1.29, 1.82) is 0 Å². The lowest BCUT2D eigenvalue weighted by Crippen LogP contribution is -2.19. The first-order valence-corrected chi connectivity index (χ1v) is 6.05. The Morgan fingerprint density at radius 3 is 2.54 bits per heavy atom. The molecule has 0 bridgehead atoms. The predicted molar refractivity (Wildman–Crippen MR) is 50.0 cm³/mol. The Hall–Kier alpha value is -0.900. The van der Waals surface area contributed by atoms with Crippen molar-refractivity contribution in [2.24, 2.45) is 0 Å². The van der Waals surface area contributed by atoms with Crippen molar-refractivity contribution < 1.29 is 8.42 Å². The number of pyridine rings is 1. The molecule has 0 aromatic carbocycles. The topological polar surface area (TPSA) is 47.0 Å². The molecular weight excluding hydrogens is 186 g/mol. The van der Waals surface area contributed by atoms with Crippen LogP contribution in [0.15, 0.2) is 24.5 Å². The SMILES string of the molecule is CS(=O)(=O)C1(c2cccnc2)CC1. The molecule has 0 amide bonds. The van der Waals surface area contributed by atoms with Crippen molar-refractivity contribution in [3.63, 3.8) is 0 Å². The number of rotatable bonds is 2. The third-order valence-electron chi connectivity index (χ3n) is 2.60. The third kappa shape index (κ3) is 1.25. The Bertz CT molecular complexity index is 407. The van der Waals surface area contributed by atoms with Crippen LogP contribution in [-0.2, 0) is 14.6 Å². The molecule has 0 spiro atoms. The molecule has 1 fully saturated rings. The fraction of sp³-hybridized carbons (Fsp3) is 0.444. The third-order valence-corrected chi connectivity index (χ3v) is 4.67. The minimum Gasteiger partial charge on any atom is -0.264 e. The largest absolute Gasteiger partial charge is 0.264 e. The van der Waals surface area contributed by atoms with Crippen molar-refractivity contribution in [2.45, 2.75) is 17.6 Å². The van der Waals surface area contributed by atoms with Crippen LogP contribution in [-0.4, -0.2) is 19.7 Å². The molecule has 1 heterocycles. The Morgan fingerprint density at radius 1 is 1.46 bits per heavy atom. The minimum absolute atomic E-state index is 0.610. The molecule has 70 valence electrons. The molecule has 3 nitrogen and oxygen atoms in total. The second kappa shape index (κ2) is 2.54. The van der Waals surface area contributed by atoms with Gasteiger partial charge in [-0.1, -0.05) is 6.07 Å². The van der Waals surface area contributed by atoms with Crippen LogP contribution in [0.25, 0.3) is 0 Å². The first-order valence-electron chi connectivity index (χ1n) is 4.16. The molecule has 1 aromatic heterocycles. The molecule has 1 aromatic rings. The minimum atomic E-state index is -2.98. The summed E-state index contributed by atoms with van der Waals surface area (Å²) in [6, 6.07) is 3.61. The molecule has 1 aliphatic rings. The average molecular weight is 197 g/mol. The second-order valence-electron chi connectivity index (χ2n) is 3.51. The number of sulfone groups is 1. The maximum Gasteiger partial charge on any atom is 0.157 e. The summed E-state index contributed by atoms with van der Waals surface area (Å²) in [6.07, 6.45) is 6.07. The van der Waals surface area contributed by atoms with Crippen LogP contribution in [0.2, 0.25) is 0 Å². The Labute approximate surface area is 77.7 Å². The molecule has 0 N–H and O–H groups in total. The molecule has 1 aliphatic carbocycles. The molecule has 2 rings (SSSR count). The van der Waals surface area contributed by atoms with Gasteiger partial charge in [0.05, 0.1) is 4.75 Å². The fourth-order valence-electron chi connectivity index (χ4n) is 1.62. The smallest absolute Gasteiger partial charge is 0.157 e. The normalized spacial score (nSPS) is 19.8. The molecule has 0 unspecified atom stereocenters. The highest BCUT2D eigenvalue weighted by atomic mass is 32.2. The van der Waals surface area contributed by atoms with E-state index in [0.29, 0.717) is 0 Å². The van der Waals surface area contributed by atoms with Crippen LogP contribution in [0.1, 0.15) is 18.4 Å². The quantitative estimate of drug-likeness (QED) is 0.713. The van der Waals surface area contributed by atoms with Gasteiger partial charge >= 0.3 is 0 Å². The number of hydrogen-bond donors (Lipinski definition) is 0. The lowest BCUT2D eigenvalue weighted by molar-refractivity contribution is 0.586. The lowest BCUT2D eigenvalue weighted by atomic mass is 10.2. The van der Waals surface area contributed by atoms with E-state index in [-0.39, 0.29) is 0 Å². The van der Waals surface area contributed by atoms with Gasteiger partial charge in [0.1, 0.15) is 0 Å². The van der Waals surface area contributed by atoms with Gasteiger partial charge in [-0.05, 0) is 24.5 Å². The van der Waals surface area contributed by atoms with Crippen LogP contribution in [0.3, 0.4) is 0 Å². The van der Waals surface area contributed by atoms with E-state index in [4.69, 9.17) is 0 Å². The zero-order chi connectivity index (χ0) is 9.53. The van der Waals surface area contributed by atoms with Gasteiger partial charge in [-0.15, -0.1) is 0 Å². The summed E-state index contributed by atoms with van der Waals surface area (Å²) in [6.45, 7) is 0. The Kier molecular flexibility index (Phi) is 1.70. The number of aromatic nitrogens is 1. The monoisotopic (exact) mass is 197 g/mol. The van der Waals surface area contributed by atoms with Gasteiger partial charge in [0.2, 0.25) is 0 Å². The van der Waals surface area contributed by atoms with E-state index in [1.165, 1.54) is 6.26 Å². The van der Waals surface area contributed by atoms with Gasteiger partial charge in [-0.3, -0.25) is 4.98 Å². The van der Waals surface area contributed by atoms with Crippen LogP contribution < -0.4 is 0 Å². The van der Waals surface area contributed by atoms with Gasteiger partial charge in [-0.2, -0.15) is 0 Å². The van der Waals surface area contributed by atoms with Gasteiger partial charge in [-0.25, -0.2) is 8.42 Å². The highest BCUT2D eigenvalue weighted by molar-refractivity contribution is 7.92. The van der Waals surface area contributed by atoms with E-state index in [2.05, 4.69) is 4.98 Å². The second-order valence-corrected chi connectivity index (χ2v) is 5.83. The lowest BCUT2D eigenvalue weighted by Gasteiger charge is -2.11. The molecule has 4 heteroatoms. The van der Waals surface area contributed by atoms with E-state index < -0.39 is 14.6 Å². The number of nitrogens with zero attached hydrogens (tertiary/aromatic N) is 1. The van der Waals surface area contributed by atoms with Crippen LogP contribution in [0.5, 0.6) is 0 Å². The maximum absolute atomic E-state index is 11.5. The molecular formula is C9H11NO2S. The standard InChI is InChI=1S/C9H11NO2S/c1-13(11,12)9(4-5-9)8-3-2-6-10-7-8/h2-3,6-7H,4-5H2,1H3. The zero-order valence-corrected chi connectivity index (χ0v) is 8.21. The molecule has 1 saturated carbocycles. The summed E-state index contributed by atoms with van der Waals surface area (Å²) >= 11 is 0. The van der Waals surface area contributed by atoms with E-state index in [0.717, 1.165) is 18.4 Å². The zero-order valence-electron chi connectivity index (χ0n) is 7.40. The summed E-state index contributed by atoms with van der Waals surface area (Å²) in [5.74, 6) is 0. The highest BCUT2D eigenvalue weighted by Crippen LogP contribution is 2.51. The van der Waals surface area contributed by atoms with Crippen LogP contribution in [0, 0.1) is 0 Å². The average Bonchev–Trinajstić information content (AvgIpc) is 2.84.